The van der Waals surface area contributed by atoms with Crippen molar-refractivity contribution < 1.29 is 4.79 Å². The summed E-state index contributed by atoms with van der Waals surface area (Å²) < 4.78 is 0. The van der Waals surface area contributed by atoms with E-state index in [0.29, 0.717) is 17.3 Å². The van der Waals surface area contributed by atoms with Gasteiger partial charge in [-0.05, 0) is 49.7 Å². The fourth-order valence-corrected chi connectivity index (χ4v) is 3.79. The number of carbonyl (C=O) groups excluding carboxylic acids is 1. The lowest BCUT2D eigenvalue weighted by Crippen LogP contribution is -2.25. The van der Waals surface area contributed by atoms with Crippen LogP contribution in [0.3, 0.4) is 0 Å². The number of aromatic amines is 2. The number of benzene rings is 2. The Balaban J connectivity index is 1.37. The van der Waals surface area contributed by atoms with E-state index in [9.17, 15) is 4.79 Å². The summed E-state index contributed by atoms with van der Waals surface area (Å²) in [6.07, 6.45) is 7.29. The van der Waals surface area contributed by atoms with E-state index in [0.717, 1.165) is 39.0 Å². The average Bonchev–Trinajstić information content (AvgIpc) is 3.58. The Labute approximate surface area is 202 Å². The number of rotatable bonds is 6. The lowest BCUT2D eigenvalue weighted by Gasteiger charge is -2.16. The van der Waals surface area contributed by atoms with Crippen molar-refractivity contribution in [3.05, 3.63) is 90.7 Å². The highest BCUT2D eigenvalue weighted by atomic mass is 16.2. The summed E-state index contributed by atoms with van der Waals surface area (Å²) in [6.45, 7) is 3.82. The first-order chi connectivity index (χ1) is 17.0. The number of hydrogen-bond acceptors (Lipinski definition) is 5. The van der Waals surface area contributed by atoms with E-state index >= 15 is 0 Å². The van der Waals surface area contributed by atoms with Crippen LogP contribution >= 0.6 is 0 Å². The number of nitrogens with one attached hydrogen (secondary N) is 3. The van der Waals surface area contributed by atoms with E-state index in [2.05, 4.69) is 30.5 Å². The molecule has 0 bridgehead atoms. The number of fused-ring (bicyclic) bond motifs is 1. The van der Waals surface area contributed by atoms with E-state index in [1.807, 2.05) is 80.7 Å². The predicted octanol–water partition coefficient (Wildman–Crippen LogP) is 5.75. The molecule has 174 valence electrons. The normalized spacial score (nSPS) is 11.6. The molecule has 0 spiro atoms. The first-order valence-electron chi connectivity index (χ1n) is 11.3. The molecule has 8 nitrogen and oxygen atoms in total. The molecular formula is C27H25N7O. The molecule has 1 amide bonds. The molecule has 0 aliphatic rings. The number of anilines is 2. The molecule has 0 aliphatic heterocycles. The van der Waals surface area contributed by atoms with Crippen LogP contribution in [0.4, 0.5) is 11.5 Å². The predicted molar refractivity (Wildman–Crippen MR) is 138 cm³/mol. The molecular weight excluding hydrogens is 438 g/mol. The minimum Gasteiger partial charge on any atom is -0.350 e. The zero-order valence-corrected chi connectivity index (χ0v) is 19.7. The van der Waals surface area contributed by atoms with Gasteiger partial charge in [-0.15, -0.1) is 0 Å². The van der Waals surface area contributed by atoms with Crippen LogP contribution in [-0.4, -0.2) is 43.0 Å². The van der Waals surface area contributed by atoms with Crippen LogP contribution in [0.25, 0.3) is 33.4 Å². The van der Waals surface area contributed by atoms with Gasteiger partial charge in [0, 0.05) is 52.9 Å². The molecule has 2 aromatic carbocycles. The van der Waals surface area contributed by atoms with Crippen LogP contribution in [-0.2, 0) is 0 Å². The number of H-pyrrole nitrogens is 2. The van der Waals surface area contributed by atoms with Crippen LogP contribution in [0.2, 0.25) is 0 Å². The summed E-state index contributed by atoms with van der Waals surface area (Å²) >= 11 is 0. The number of aromatic nitrogens is 5. The summed E-state index contributed by atoms with van der Waals surface area (Å²) in [5, 5.41) is 11.1. The Hall–Kier alpha value is -4.72. The highest BCUT2D eigenvalue weighted by Crippen LogP contribution is 2.26. The molecule has 35 heavy (non-hydrogen) atoms. The molecule has 0 saturated heterocycles. The second-order valence-electron chi connectivity index (χ2n) is 8.23. The Morgan fingerprint density at radius 1 is 1.03 bits per heavy atom. The molecule has 5 rings (SSSR count). The highest BCUT2D eigenvalue weighted by Gasteiger charge is 2.16. The smallest absolute Gasteiger partial charge is 0.274 e. The van der Waals surface area contributed by atoms with Crippen LogP contribution < -0.4 is 5.32 Å². The first kappa shape index (κ1) is 22.1. The van der Waals surface area contributed by atoms with Crippen molar-refractivity contribution in [1.29, 1.82) is 0 Å². The van der Waals surface area contributed by atoms with Crippen molar-refractivity contribution in [3.8, 4) is 22.5 Å². The highest BCUT2D eigenvalue weighted by molar-refractivity contribution is 5.99. The third-order valence-electron chi connectivity index (χ3n) is 6.01. The van der Waals surface area contributed by atoms with Gasteiger partial charge < -0.3 is 15.2 Å². The van der Waals surface area contributed by atoms with E-state index in [4.69, 9.17) is 0 Å². The molecule has 3 heterocycles. The van der Waals surface area contributed by atoms with Gasteiger partial charge in [-0.3, -0.25) is 9.89 Å². The average molecular weight is 464 g/mol. The van der Waals surface area contributed by atoms with Gasteiger partial charge in [0.05, 0.1) is 6.20 Å². The van der Waals surface area contributed by atoms with Crippen molar-refractivity contribution in [2.75, 3.05) is 12.4 Å². The molecule has 3 N–H and O–H groups in total. The topological polar surface area (TPSA) is 103 Å². The molecule has 0 saturated carbocycles. The van der Waals surface area contributed by atoms with Crippen molar-refractivity contribution in [2.24, 2.45) is 0 Å². The zero-order chi connectivity index (χ0) is 24.4. The molecule has 3 aromatic heterocycles. The summed E-state index contributed by atoms with van der Waals surface area (Å²) in [4.78, 5) is 26.8. The lowest BCUT2D eigenvalue weighted by molar-refractivity contribution is 0.0831. The van der Waals surface area contributed by atoms with Crippen molar-refractivity contribution in [1.82, 2.24) is 30.0 Å². The number of hydrogen-bond donors (Lipinski definition) is 3. The molecule has 0 aliphatic carbocycles. The van der Waals surface area contributed by atoms with Gasteiger partial charge in [-0.1, -0.05) is 30.3 Å². The van der Waals surface area contributed by atoms with Crippen molar-refractivity contribution >= 4 is 28.3 Å². The van der Waals surface area contributed by atoms with Crippen LogP contribution in [0.15, 0.2) is 85.0 Å². The second kappa shape index (κ2) is 9.26. The minimum absolute atomic E-state index is 0.0837. The zero-order valence-electron chi connectivity index (χ0n) is 19.7. The number of amides is 1. The third-order valence-corrected chi connectivity index (χ3v) is 6.01. The van der Waals surface area contributed by atoms with E-state index in [1.54, 1.807) is 24.3 Å². The largest absolute Gasteiger partial charge is 0.350 e. The van der Waals surface area contributed by atoms with Crippen molar-refractivity contribution in [3.63, 3.8) is 0 Å². The molecule has 0 fully saturated rings. The minimum atomic E-state index is -0.0837. The maximum Gasteiger partial charge on any atom is 0.274 e. The van der Waals surface area contributed by atoms with Gasteiger partial charge >= 0.3 is 0 Å². The SMILES string of the molecule is C/C=C(\C)N(C)C(=O)c1cc2ccc(-c3nccc(Nc4ccc(-c5cn[nH]c5)cc4)n3)cc2[nH]1. The van der Waals surface area contributed by atoms with Crippen LogP contribution in [0.5, 0.6) is 0 Å². The summed E-state index contributed by atoms with van der Waals surface area (Å²) in [5.74, 6) is 1.20. The maximum absolute atomic E-state index is 12.8. The molecule has 0 unspecified atom stereocenters. The van der Waals surface area contributed by atoms with E-state index in [-0.39, 0.29) is 5.91 Å². The van der Waals surface area contributed by atoms with Gasteiger partial charge in [-0.25, -0.2) is 9.97 Å². The third kappa shape index (κ3) is 4.54. The molecule has 5 aromatic rings. The Morgan fingerprint density at radius 3 is 2.57 bits per heavy atom. The van der Waals surface area contributed by atoms with Crippen molar-refractivity contribution in [2.45, 2.75) is 13.8 Å². The van der Waals surface area contributed by atoms with Gasteiger partial charge in [0.2, 0.25) is 0 Å². The quantitative estimate of drug-likeness (QED) is 0.297. The number of nitrogens with zero attached hydrogens (tertiary/aromatic N) is 4. The molecule has 0 radical (unpaired) electrons. The Kier molecular flexibility index (Phi) is 5.85. The summed E-state index contributed by atoms with van der Waals surface area (Å²) in [6, 6.07) is 17.7. The summed E-state index contributed by atoms with van der Waals surface area (Å²) in [5.41, 5.74) is 6.18. The Bertz CT molecular complexity index is 1520. The monoisotopic (exact) mass is 463 g/mol. The van der Waals surface area contributed by atoms with Gasteiger partial charge in [0.25, 0.3) is 5.91 Å². The molecule has 0 atom stereocenters. The van der Waals surface area contributed by atoms with E-state index in [1.165, 1.54) is 0 Å². The standard InChI is InChI=1S/C27H25N7O/c1-4-17(2)34(3)27(35)24-13-19-5-6-20(14-23(19)32-24)26-28-12-11-25(33-26)31-22-9-7-18(8-10-22)21-15-29-30-16-21/h4-16,32H,1-3H3,(H,29,30)(H,28,31,33)/b17-4+. The number of carbonyl (C=O) groups is 1. The fourth-order valence-electron chi connectivity index (χ4n) is 3.79. The van der Waals surface area contributed by atoms with Gasteiger partial charge in [-0.2, -0.15) is 5.10 Å². The number of allylic oxidation sites excluding steroid dienone is 2. The maximum atomic E-state index is 12.8. The Morgan fingerprint density at radius 2 is 1.83 bits per heavy atom. The second-order valence-corrected chi connectivity index (χ2v) is 8.23. The van der Waals surface area contributed by atoms with E-state index < -0.39 is 0 Å². The van der Waals surface area contributed by atoms with Gasteiger partial charge in [0.1, 0.15) is 11.5 Å². The van der Waals surface area contributed by atoms with Gasteiger partial charge in [0.15, 0.2) is 5.82 Å². The fraction of sp³-hybridized carbons (Fsp3) is 0.111. The lowest BCUT2D eigenvalue weighted by atomic mass is 10.1. The first-order valence-corrected chi connectivity index (χ1v) is 11.3. The van der Waals surface area contributed by atoms with Crippen LogP contribution in [0.1, 0.15) is 24.3 Å². The van der Waals surface area contributed by atoms with Crippen LogP contribution in [0, 0.1) is 0 Å². The molecule has 8 heteroatoms. The summed E-state index contributed by atoms with van der Waals surface area (Å²) in [7, 11) is 1.77.